The summed E-state index contributed by atoms with van der Waals surface area (Å²) < 4.78 is 18.9. The summed E-state index contributed by atoms with van der Waals surface area (Å²) in [6.45, 7) is 1.69. The fourth-order valence-corrected chi connectivity index (χ4v) is 4.21. The number of carbonyl (C=O) groups is 2. The molecule has 2 saturated heterocycles. The minimum absolute atomic E-state index is 0.0759. The van der Waals surface area contributed by atoms with Crippen molar-refractivity contribution >= 4 is 23.3 Å². The van der Waals surface area contributed by atoms with Crippen LogP contribution in [0.5, 0.6) is 5.75 Å². The van der Waals surface area contributed by atoms with Gasteiger partial charge < -0.3 is 19.9 Å². The molecule has 1 spiro atoms. The summed E-state index contributed by atoms with van der Waals surface area (Å²) in [6, 6.07) is 13.1. The van der Waals surface area contributed by atoms with Gasteiger partial charge in [0.15, 0.2) is 0 Å². The van der Waals surface area contributed by atoms with Crippen molar-refractivity contribution in [1.82, 2.24) is 9.80 Å². The molecule has 1 N–H and O–H groups in total. The number of nitrogens with one attached hydrogen (secondary N) is 1. The molecular weight excluding hydrogens is 387 g/mol. The Balaban J connectivity index is 1.49. The molecule has 0 radical (unpaired) electrons. The fourth-order valence-electron chi connectivity index (χ4n) is 4.21. The van der Waals surface area contributed by atoms with E-state index in [2.05, 4.69) is 5.32 Å². The maximum Gasteiger partial charge on any atom is 0.321 e. The Labute approximate surface area is 175 Å². The van der Waals surface area contributed by atoms with Gasteiger partial charge in [0.05, 0.1) is 19.2 Å². The highest BCUT2D eigenvalue weighted by Crippen LogP contribution is 2.34. The summed E-state index contributed by atoms with van der Waals surface area (Å²) in [5, 5.41) is 2.91. The van der Waals surface area contributed by atoms with Crippen molar-refractivity contribution in [2.75, 3.05) is 50.6 Å². The average molecular weight is 412 g/mol. The Morgan fingerprint density at radius 2 is 1.97 bits per heavy atom. The number of rotatable bonds is 3. The fraction of sp³-hybridized carbons (Fsp3) is 0.364. The van der Waals surface area contributed by atoms with E-state index in [1.807, 2.05) is 30.1 Å². The van der Waals surface area contributed by atoms with Gasteiger partial charge in [0.2, 0.25) is 5.91 Å². The lowest BCUT2D eigenvalue weighted by molar-refractivity contribution is -0.123. The Kier molecular flexibility index (Phi) is 5.34. The molecule has 0 unspecified atom stereocenters. The van der Waals surface area contributed by atoms with E-state index in [-0.39, 0.29) is 29.8 Å². The molecule has 1 atom stereocenters. The monoisotopic (exact) mass is 412 g/mol. The van der Waals surface area contributed by atoms with Crippen LogP contribution in [0.25, 0.3) is 0 Å². The first-order valence-electron chi connectivity index (χ1n) is 9.87. The molecule has 0 aromatic heterocycles. The van der Waals surface area contributed by atoms with E-state index in [4.69, 9.17) is 4.74 Å². The lowest BCUT2D eigenvalue weighted by Crippen LogP contribution is -2.64. The van der Waals surface area contributed by atoms with Crippen LogP contribution in [0.3, 0.4) is 0 Å². The van der Waals surface area contributed by atoms with E-state index in [0.29, 0.717) is 36.8 Å². The van der Waals surface area contributed by atoms with Crippen molar-refractivity contribution in [2.45, 2.75) is 12.0 Å². The molecule has 4 rings (SSSR count). The number of anilines is 2. The van der Waals surface area contributed by atoms with Gasteiger partial charge in [-0.3, -0.25) is 9.69 Å². The third-order valence-corrected chi connectivity index (χ3v) is 6.00. The summed E-state index contributed by atoms with van der Waals surface area (Å²) >= 11 is 0. The maximum absolute atomic E-state index is 13.7. The van der Waals surface area contributed by atoms with Crippen LogP contribution in [-0.4, -0.2) is 67.6 Å². The molecule has 2 aliphatic heterocycles. The first-order chi connectivity index (χ1) is 14.4. The third-order valence-electron chi connectivity index (χ3n) is 6.00. The van der Waals surface area contributed by atoms with E-state index < -0.39 is 0 Å². The van der Waals surface area contributed by atoms with Gasteiger partial charge in [0, 0.05) is 37.1 Å². The number of methoxy groups -OCH3 is 1. The standard InChI is InChI=1S/C22H25FN4O3/c1-25-13-20(28)27(18-7-3-5-16(23)11-18)15-22(25)9-10-26(14-22)21(29)24-17-6-4-8-19(12-17)30-2/h3-8,11-12H,9-10,13-15H2,1-2H3,(H,24,29)/t22-/m1/s1. The number of halogens is 1. The number of hydrogen-bond acceptors (Lipinski definition) is 4. The van der Waals surface area contributed by atoms with Crippen LogP contribution in [0.4, 0.5) is 20.6 Å². The molecule has 0 bridgehead atoms. The molecule has 2 heterocycles. The summed E-state index contributed by atoms with van der Waals surface area (Å²) in [5.41, 5.74) is 0.840. The molecular formula is C22H25FN4O3. The summed E-state index contributed by atoms with van der Waals surface area (Å²) in [5.74, 6) is 0.217. The normalized spacial score (nSPS) is 21.9. The molecule has 2 aromatic carbocycles. The van der Waals surface area contributed by atoms with Gasteiger partial charge in [-0.15, -0.1) is 0 Å². The van der Waals surface area contributed by atoms with Crippen LogP contribution in [0, 0.1) is 5.82 Å². The number of carbonyl (C=O) groups excluding carboxylic acids is 2. The molecule has 7 nitrogen and oxygen atoms in total. The topological polar surface area (TPSA) is 65.1 Å². The predicted molar refractivity (Wildman–Crippen MR) is 112 cm³/mol. The van der Waals surface area contributed by atoms with Gasteiger partial charge in [-0.2, -0.15) is 0 Å². The van der Waals surface area contributed by atoms with E-state index in [9.17, 15) is 14.0 Å². The smallest absolute Gasteiger partial charge is 0.321 e. The van der Waals surface area contributed by atoms with E-state index in [0.717, 1.165) is 6.42 Å². The van der Waals surface area contributed by atoms with E-state index in [1.54, 1.807) is 35.1 Å². The summed E-state index contributed by atoms with van der Waals surface area (Å²) in [7, 11) is 3.49. The minimum Gasteiger partial charge on any atom is -0.497 e. The van der Waals surface area contributed by atoms with E-state index in [1.165, 1.54) is 12.1 Å². The molecule has 2 fully saturated rings. The molecule has 3 amide bonds. The zero-order valence-corrected chi connectivity index (χ0v) is 17.1. The summed E-state index contributed by atoms with van der Waals surface area (Å²) in [4.78, 5) is 30.9. The number of amides is 3. The van der Waals surface area contributed by atoms with Gasteiger partial charge in [-0.25, -0.2) is 9.18 Å². The third kappa shape index (κ3) is 3.82. The molecule has 158 valence electrons. The van der Waals surface area contributed by atoms with Gasteiger partial charge >= 0.3 is 6.03 Å². The highest BCUT2D eigenvalue weighted by molar-refractivity contribution is 5.96. The Morgan fingerprint density at radius 1 is 1.17 bits per heavy atom. The number of urea groups is 1. The van der Waals surface area contributed by atoms with E-state index >= 15 is 0 Å². The Hall–Kier alpha value is -3.13. The second-order valence-electron chi connectivity index (χ2n) is 7.87. The molecule has 8 heteroatoms. The first-order valence-corrected chi connectivity index (χ1v) is 9.87. The van der Waals surface area contributed by atoms with Crippen LogP contribution < -0.4 is 15.0 Å². The van der Waals surface area contributed by atoms with Crippen LogP contribution in [0.15, 0.2) is 48.5 Å². The average Bonchev–Trinajstić information content (AvgIpc) is 3.16. The maximum atomic E-state index is 13.7. The van der Waals surface area contributed by atoms with Crippen molar-refractivity contribution < 1.29 is 18.7 Å². The number of piperazine rings is 1. The highest BCUT2D eigenvalue weighted by atomic mass is 19.1. The molecule has 2 aliphatic rings. The molecule has 0 aliphatic carbocycles. The number of likely N-dealkylation sites (N-methyl/N-ethyl adjacent to an activating group) is 1. The highest BCUT2D eigenvalue weighted by Gasteiger charge is 2.48. The molecule has 2 aromatic rings. The van der Waals surface area contributed by atoms with Crippen molar-refractivity contribution in [3.8, 4) is 5.75 Å². The number of likely N-dealkylation sites (tertiary alicyclic amines) is 1. The second kappa shape index (κ2) is 7.95. The van der Waals surface area contributed by atoms with Crippen LogP contribution >= 0.6 is 0 Å². The number of nitrogens with zero attached hydrogens (tertiary/aromatic N) is 3. The Morgan fingerprint density at radius 3 is 2.73 bits per heavy atom. The van der Waals surface area contributed by atoms with Gasteiger partial charge in [-0.1, -0.05) is 12.1 Å². The predicted octanol–water partition coefficient (Wildman–Crippen LogP) is 2.79. The zero-order chi connectivity index (χ0) is 21.3. The first kappa shape index (κ1) is 20.2. The van der Waals surface area contributed by atoms with Gasteiger partial charge in [0.25, 0.3) is 0 Å². The van der Waals surface area contributed by atoms with Crippen molar-refractivity contribution in [3.05, 3.63) is 54.3 Å². The second-order valence-corrected chi connectivity index (χ2v) is 7.87. The largest absolute Gasteiger partial charge is 0.497 e. The minimum atomic E-state index is -0.376. The molecule has 0 saturated carbocycles. The van der Waals surface area contributed by atoms with Gasteiger partial charge in [-0.05, 0) is 43.8 Å². The van der Waals surface area contributed by atoms with Crippen molar-refractivity contribution in [1.29, 1.82) is 0 Å². The zero-order valence-electron chi connectivity index (χ0n) is 17.1. The number of ether oxygens (including phenoxy) is 1. The van der Waals surface area contributed by atoms with Gasteiger partial charge in [0.1, 0.15) is 11.6 Å². The number of benzene rings is 2. The SMILES string of the molecule is COc1cccc(NC(=O)N2CC[C@@]3(C2)CN(c2cccc(F)c2)C(=O)CN3C)c1. The quantitative estimate of drug-likeness (QED) is 0.842. The van der Waals surface area contributed by atoms with Crippen LogP contribution in [0.1, 0.15) is 6.42 Å². The Bertz CT molecular complexity index is 969. The summed E-state index contributed by atoms with van der Waals surface area (Å²) in [6.07, 6.45) is 0.730. The molecule has 30 heavy (non-hydrogen) atoms. The van der Waals surface area contributed by atoms with Crippen LogP contribution in [0.2, 0.25) is 0 Å². The number of hydrogen-bond donors (Lipinski definition) is 1. The lowest BCUT2D eigenvalue weighted by Gasteiger charge is -2.46. The van der Waals surface area contributed by atoms with Crippen molar-refractivity contribution in [3.63, 3.8) is 0 Å². The lowest BCUT2D eigenvalue weighted by atomic mass is 9.92. The van der Waals surface area contributed by atoms with Crippen molar-refractivity contribution in [2.24, 2.45) is 0 Å². The van der Waals surface area contributed by atoms with Crippen LogP contribution in [-0.2, 0) is 4.79 Å².